The van der Waals surface area contributed by atoms with E-state index in [0.717, 1.165) is 11.8 Å². The van der Waals surface area contributed by atoms with Crippen molar-refractivity contribution in [3.63, 3.8) is 0 Å². The molecule has 14 heavy (non-hydrogen) atoms. The Bertz CT molecular complexity index is 164. The quantitative estimate of drug-likeness (QED) is 0.626. The highest BCUT2D eigenvalue weighted by atomic mass is 79.9. The summed E-state index contributed by atoms with van der Waals surface area (Å²) in [5.74, 6) is 1.90. The lowest BCUT2D eigenvalue weighted by Crippen LogP contribution is -2.29. The third-order valence-corrected chi connectivity index (χ3v) is 5.19. The van der Waals surface area contributed by atoms with Crippen LogP contribution in [0.1, 0.15) is 59.8 Å². The average Bonchev–Trinajstić information content (AvgIpc) is 2.18. The van der Waals surface area contributed by atoms with Crippen molar-refractivity contribution >= 4 is 15.9 Å². The standard InChI is InChI=1S/C13H25Br/c1-5-13(3,4)12-8-6-11(7-9-12)10(2)14/h10-12H,5-9H2,1-4H3. The van der Waals surface area contributed by atoms with Crippen LogP contribution < -0.4 is 0 Å². The second-order valence-electron chi connectivity index (χ2n) is 5.63. The number of rotatable bonds is 3. The molecule has 0 heterocycles. The Morgan fingerprint density at radius 2 is 1.71 bits per heavy atom. The first-order chi connectivity index (χ1) is 6.47. The Morgan fingerprint density at radius 1 is 1.21 bits per heavy atom. The van der Waals surface area contributed by atoms with Crippen LogP contribution in [0.15, 0.2) is 0 Å². The molecule has 1 atom stereocenters. The molecule has 1 saturated carbocycles. The van der Waals surface area contributed by atoms with Crippen molar-refractivity contribution in [1.29, 1.82) is 0 Å². The van der Waals surface area contributed by atoms with Crippen LogP contribution in [-0.4, -0.2) is 4.83 Å². The third kappa shape index (κ3) is 2.98. The summed E-state index contributed by atoms with van der Waals surface area (Å²) in [6.07, 6.45) is 7.08. The van der Waals surface area contributed by atoms with Crippen molar-refractivity contribution in [2.75, 3.05) is 0 Å². The molecule has 1 rings (SSSR count). The fourth-order valence-electron chi connectivity index (χ4n) is 2.65. The van der Waals surface area contributed by atoms with Gasteiger partial charge in [0.25, 0.3) is 0 Å². The predicted molar refractivity (Wildman–Crippen MR) is 67.9 cm³/mol. The molecule has 84 valence electrons. The van der Waals surface area contributed by atoms with Gasteiger partial charge in [-0.2, -0.15) is 0 Å². The SMILES string of the molecule is CCC(C)(C)C1CCC(C(C)Br)CC1. The third-order valence-electron chi connectivity index (χ3n) is 4.44. The van der Waals surface area contributed by atoms with Crippen LogP contribution in [0.2, 0.25) is 0 Å². The Labute approximate surface area is 98.0 Å². The van der Waals surface area contributed by atoms with Gasteiger partial charge in [-0.3, -0.25) is 0 Å². The number of alkyl halides is 1. The van der Waals surface area contributed by atoms with Gasteiger partial charge in [-0.25, -0.2) is 0 Å². The summed E-state index contributed by atoms with van der Waals surface area (Å²) < 4.78 is 0. The van der Waals surface area contributed by atoms with Crippen LogP contribution in [0.25, 0.3) is 0 Å². The molecular weight excluding hydrogens is 236 g/mol. The van der Waals surface area contributed by atoms with Crippen molar-refractivity contribution in [1.82, 2.24) is 0 Å². The first-order valence-electron chi connectivity index (χ1n) is 6.11. The molecular formula is C13H25Br. The van der Waals surface area contributed by atoms with Gasteiger partial charge in [0.15, 0.2) is 0 Å². The van der Waals surface area contributed by atoms with Crippen LogP contribution in [0.4, 0.5) is 0 Å². The van der Waals surface area contributed by atoms with E-state index in [1.54, 1.807) is 0 Å². The Hall–Kier alpha value is 0.480. The minimum atomic E-state index is 0.570. The fraction of sp³-hybridized carbons (Fsp3) is 1.00. The van der Waals surface area contributed by atoms with Crippen LogP contribution >= 0.6 is 15.9 Å². The molecule has 1 aliphatic rings. The van der Waals surface area contributed by atoms with E-state index in [0.29, 0.717) is 10.2 Å². The van der Waals surface area contributed by atoms with E-state index >= 15 is 0 Å². The first kappa shape index (κ1) is 12.5. The molecule has 0 amide bonds. The van der Waals surface area contributed by atoms with Crippen LogP contribution in [0.5, 0.6) is 0 Å². The molecule has 1 heteroatoms. The van der Waals surface area contributed by atoms with Gasteiger partial charge in [-0.05, 0) is 42.9 Å². The van der Waals surface area contributed by atoms with E-state index < -0.39 is 0 Å². The minimum absolute atomic E-state index is 0.570. The lowest BCUT2D eigenvalue weighted by molar-refractivity contribution is 0.129. The molecule has 1 aliphatic carbocycles. The lowest BCUT2D eigenvalue weighted by atomic mass is 9.67. The Morgan fingerprint density at radius 3 is 2.07 bits per heavy atom. The summed E-state index contributed by atoms with van der Waals surface area (Å²) in [6, 6.07) is 0. The van der Waals surface area contributed by atoms with Crippen LogP contribution in [0, 0.1) is 17.3 Å². The maximum Gasteiger partial charge on any atom is 0.0145 e. The van der Waals surface area contributed by atoms with E-state index in [-0.39, 0.29) is 0 Å². The van der Waals surface area contributed by atoms with Crippen LogP contribution in [0.3, 0.4) is 0 Å². The van der Waals surface area contributed by atoms with E-state index in [1.165, 1.54) is 32.1 Å². The topological polar surface area (TPSA) is 0 Å². The van der Waals surface area contributed by atoms with Crippen molar-refractivity contribution in [3.05, 3.63) is 0 Å². The van der Waals surface area contributed by atoms with Gasteiger partial charge >= 0.3 is 0 Å². The van der Waals surface area contributed by atoms with Gasteiger partial charge in [-0.15, -0.1) is 0 Å². The van der Waals surface area contributed by atoms with Gasteiger partial charge in [0, 0.05) is 4.83 Å². The molecule has 0 N–H and O–H groups in total. The van der Waals surface area contributed by atoms with Crippen molar-refractivity contribution in [2.45, 2.75) is 64.6 Å². The summed E-state index contributed by atoms with van der Waals surface area (Å²) in [7, 11) is 0. The monoisotopic (exact) mass is 260 g/mol. The second kappa shape index (κ2) is 5.01. The fourth-order valence-corrected chi connectivity index (χ4v) is 3.18. The number of halogens is 1. The summed E-state index contributed by atoms with van der Waals surface area (Å²) in [4.78, 5) is 0.716. The summed E-state index contributed by atoms with van der Waals surface area (Å²) in [5, 5.41) is 0. The predicted octanol–water partition coefficient (Wildman–Crippen LogP) is 5.01. The summed E-state index contributed by atoms with van der Waals surface area (Å²) in [5.41, 5.74) is 0.570. The van der Waals surface area contributed by atoms with Gasteiger partial charge in [0.05, 0.1) is 0 Å². The average molecular weight is 261 g/mol. The highest BCUT2D eigenvalue weighted by Crippen LogP contribution is 2.43. The molecule has 1 unspecified atom stereocenters. The number of hydrogen-bond donors (Lipinski definition) is 0. The Kier molecular flexibility index (Phi) is 4.49. The van der Waals surface area contributed by atoms with E-state index in [2.05, 4.69) is 43.6 Å². The van der Waals surface area contributed by atoms with Gasteiger partial charge in [0.1, 0.15) is 0 Å². The zero-order chi connectivity index (χ0) is 10.8. The molecule has 0 aliphatic heterocycles. The lowest BCUT2D eigenvalue weighted by Gasteiger charge is -2.39. The summed E-state index contributed by atoms with van der Waals surface area (Å²) >= 11 is 3.72. The smallest absolute Gasteiger partial charge is 0.0145 e. The first-order valence-corrected chi connectivity index (χ1v) is 7.03. The minimum Gasteiger partial charge on any atom is -0.0891 e. The van der Waals surface area contributed by atoms with Crippen molar-refractivity contribution in [3.8, 4) is 0 Å². The molecule has 0 spiro atoms. The molecule has 1 fully saturated rings. The van der Waals surface area contributed by atoms with E-state index in [1.807, 2.05) is 0 Å². The van der Waals surface area contributed by atoms with Gasteiger partial charge in [-0.1, -0.05) is 50.0 Å². The van der Waals surface area contributed by atoms with Gasteiger partial charge < -0.3 is 0 Å². The van der Waals surface area contributed by atoms with Crippen LogP contribution in [-0.2, 0) is 0 Å². The highest BCUT2D eigenvalue weighted by Gasteiger charge is 2.32. The maximum absolute atomic E-state index is 3.72. The van der Waals surface area contributed by atoms with Crippen molar-refractivity contribution in [2.24, 2.45) is 17.3 Å². The largest absolute Gasteiger partial charge is 0.0891 e. The maximum atomic E-state index is 3.72. The van der Waals surface area contributed by atoms with E-state index in [9.17, 15) is 0 Å². The zero-order valence-corrected chi connectivity index (χ0v) is 11.7. The molecule has 0 radical (unpaired) electrons. The molecule has 0 aromatic rings. The van der Waals surface area contributed by atoms with E-state index in [4.69, 9.17) is 0 Å². The van der Waals surface area contributed by atoms with Crippen molar-refractivity contribution < 1.29 is 0 Å². The normalized spacial score (nSPS) is 31.5. The van der Waals surface area contributed by atoms with Gasteiger partial charge in [0.2, 0.25) is 0 Å². The zero-order valence-electron chi connectivity index (χ0n) is 10.1. The molecule has 0 bridgehead atoms. The highest BCUT2D eigenvalue weighted by molar-refractivity contribution is 9.09. The number of hydrogen-bond acceptors (Lipinski definition) is 0. The molecule has 0 nitrogen and oxygen atoms in total. The Balaban J connectivity index is 2.43. The molecule has 0 saturated heterocycles. The molecule has 0 aromatic heterocycles. The summed E-state index contributed by atoms with van der Waals surface area (Å²) in [6.45, 7) is 9.51. The molecule has 0 aromatic carbocycles. The second-order valence-corrected chi connectivity index (χ2v) is 7.08.